The second-order valence-corrected chi connectivity index (χ2v) is 7.91. The summed E-state index contributed by atoms with van der Waals surface area (Å²) in [6.45, 7) is 0.864. The number of carbonyl (C=O) groups is 3. The maximum atomic E-state index is 13.0. The van der Waals surface area contributed by atoms with Crippen LogP contribution < -0.4 is 10.6 Å². The Balaban J connectivity index is 1.70. The molecule has 0 aliphatic heterocycles. The van der Waals surface area contributed by atoms with Crippen LogP contribution in [-0.2, 0) is 14.3 Å². The number of carboxylic acids is 1. The van der Waals surface area contributed by atoms with Gasteiger partial charge in [-0.3, -0.25) is 4.79 Å². The smallest absolute Gasteiger partial charge is 0.407 e. The lowest BCUT2D eigenvalue weighted by Crippen LogP contribution is -2.55. The highest BCUT2D eigenvalue weighted by Crippen LogP contribution is 2.44. The van der Waals surface area contributed by atoms with Crippen LogP contribution in [0.15, 0.2) is 48.5 Å². The van der Waals surface area contributed by atoms with Gasteiger partial charge in [-0.2, -0.15) is 13.2 Å². The standard InChI is InChI=1S/C23H23F3N2O6/c1-12(29)19(21(31)32)28-20(30)18(10-23(24,25)26)27-22(33)34-11-17-15-8-4-2-6-13(15)14-7-3-5-9-16(14)17/h2-9,12,17-19,29H,10-11H2,1H3,(H,27,33)(H,28,30)(H,31,32). The summed E-state index contributed by atoms with van der Waals surface area (Å²) in [6, 6.07) is 10.9. The minimum atomic E-state index is -4.85. The van der Waals surface area contributed by atoms with Gasteiger partial charge in [0, 0.05) is 5.92 Å². The van der Waals surface area contributed by atoms with E-state index in [0.29, 0.717) is 0 Å². The second kappa shape index (κ2) is 10.1. The number of aliphatic hydroxyl groups excluding tert-OH is 1. The van der Waals surface area contributed by atoms with E-state index in [1.165, 1.54) is 0 Å². The van der Waals surface area contributed by atoms with Crippen LogP contribution in [0.5, 0.6) is 0 Å². The molecular weight excluding hydrogens is 457 g/mol. The van der Waals surface area contributed by atoms with Crippen molar-refractivity contribution in [2.45, 2.75) is 43.6 Å². The van der Waals surface area contributed by atoms with Gasteiger partial charge in [0.25, 0.3) is 0 Å². The van der Waals surface area contributed by atoms with Gasteiger partial charge < -0.3 is 25.6 Å². The van der Waals surface area contributed by atoms with Crippen molar-refractivity contribution >= 4 is 18.0 Å². The molecule has 0 bridgehead atoms. The minimum Gasteiger partial charge on any atom is -0.480 e. The lowest BCUT2D eigenvalue weighted by Gasteiger charge is -2.23. The van der Waals surface area contributed by atoms with Gasteiger partial charge in [0.1, 0.15) is 12.6 Å². The number of nitrogens with one attached hydrogen (secondary N) is 2. The number of halogens is 3. The number of benzene rings is 2. The number of rotatable bonds is 8. The molecule has 3 unspecified atom stereocenters. The fourth-order valence-corrected chi connectivity index (χ4v) is 3.87. The molecule has 0 fully saturated rings. The molecule has 8 nitrogen and oxygen atoms in total. The zero-order chi connectivity index (χ0) is 25.0. The van der Waals surface area contributed by atoms with Crippen LogP contribution in [0.25, 0.3) is 11.1 Å². The Morgan fingerprint density at radius 2 is 1.53 bits per heavy atom. The number of hydrogen-bond donors (Lipinski definition) is 4. The summed E-state index contributed by atoms with van der Waals surface area (Å²) in [5.74, 6) is -3.41. The molecule has 4 N–H and O–H groups in total. The molecule has 2 aromatic rings. The average Bonchev–Trinajstić information content (AvgIpc) is 3.08. The number of amides is 2. The topological polar surface area (TPSA) is 125 Å². The third kappa shape index (κ3) is 5.84. The van der Waals surface area contributed by atoms with E-state index in [1.54, 1.807) is 0 Å². The number of fused-ring (bicyclic) bond motifs is 3. The molecule has 1 aliphatic carbocycles. The summed E-state index contributed by atoms with van der Waals surface area (Å²) in [5.41, 5.74) is 3.70. The maximum absolute atomic E-state index is 13.0. The number of hydrogen-bond acceptors (Lipinski definition) is 5. The number of aliphatic carboxylic acids is 1. The largest absolute Gasteiger partial charge is 0.480 e. The van der Waals surface area contributed by atoms with Crippen molar-refractivity contribution in [1.82, 2.24) is 10.6 Å². The van der Waals surface area contributed by atoms with E-state index in [1.807, 2.05) is 59.2 Å². The Morgan fingerprint density at radius 3 is 2.00 bits per heavy atom. The number of alkyl carbamates (subject to hydrolysis) is 1. The second-order valence-electron chi connectivity index (χ2n) is 7.91. The number of carbonyl (C=O) groups excluding carboxylic acids is 2. The van der Waals surface area contributed by atoms with Crippen molar-refractivity contribution in [2.24, 2.45) is 0 Å². The van der Waals surface area contributed by atoms with E-state index in [4.69, 9.17) is 9.84 Å². The van der Waals surface area contributed by atoms with Gasteiger partial charge in [-0.25, -0.2) is 9.59 Å². The normalized spacial score (nSPS) is 15.4. The first kappa shape index (κ1) is 25.0. The number of carboxylic acid groups (broad SMARTS) is 1. The summed E-state index contributed by atoms with van der Waals surface area (Å²) in [7, 11) is 0. The van der Waals surface area contributed by atoms with Crippen LogP contribution in [0.2, 0.25) is 0 Å². The van der Waals surface area contributed by atoms with Gasteiger partial charge in [0.15, 0.2) is 6.04 Å². The van der Waals surface area contributed by atoms with Gasteiger partial charge in [-0.1, -0.05) is 48.5 Å². The first-order valence-electron chi connectivity index (χ1n) is 10.4. The quantitative estimate of drug-likeness (QED) is 0.461. The summed E-state index contributed by atoms with van der Waals surface area (Å²) in [5, 5.41) is 22.2. The predicted molar refractivity (Wildman–Crippen MR) is 114 cm³/mol. The summed E-state index contributed by atoms with van der Waals surface area (Å²) in [6.07, 6.45) is -9.45. The first-order chi connectivity index (χ1) is 16.0. The van der Waals surface area contributed by atoms with Gasteiger partial charge >= 0.3 is 18.2 Å². The monoisotopic (exact) mass is 480 g/mol. The lowest BCUT2D eigenvalue weighted by atomic mass is 9.98. The van der Waals surface area contributed by atoms with E-state index in [-0.39, 0.29) is 12.5 Å². The third-order valence-corrected chi connectivity index (χ3v) is 5.43. The first-order valence-corrected chi connectivity index (χ1v) is 10.4. The fraction of sp³-hybridized carbons (Fsp3) is 0.348. The third-order valence-electron chi connectivity index (χ3n) is 5.43. The molecule has 2 amide bonds. The Kier molecular flexibility index (Phi) is 7.45. The SMILES string of the molecule is CC(O)C(NC(=O)C(CC(F)(F)F)NC(=O)OCC1c2ccccc2-c2ccccc21)C(=O)O. The Morgan fingerprint density at radius 1 is 1.00 bits per heavy atom. The highest BCUT2D eigenvalue weighted by atomic mass is 19.4. The molecule has 0 saturated carbocycles. The molecule has 0 heterocycles. The molecule has 0 saturated heterocycles. The van der Waals surface area contributed by atoms with Gasteiger partial charge in [0.05, 0.1) is 12.5 Å². The molecule has 3 rings (SSSR count). The van der Waals surface area contributed by atoms with E-state index >= 15 is 0 Å². The van der Waals surface area contributed by atoms with Crippen molar-refractivity contribution in [3.63, 3.8) is 0 Å². The molecular formula is C23H23F3N2O6. The summed E-state index contributed by atoms with van der Waals surface area (Å²) < 4.78 is 44.2. The van der Waals surface area contributed by atoms with Crippen LogP contribution in [0, 0.1) is 0 Å². The molecule has 1 aliphatic rings. The predicted octanol–water partition coefficient (Wildman–Crippen LogP) is 2.80. The van der Waals surface area contributed by atoms with E-state index < -0.39 is 48.8 Å². The summed E-state index contributed by atoms with van der Waals surface area (Å²) >= 11 is 0. The minimum absolute atomic E-state index is 0.189. The molecule has 182 valence electrons. The Hall–Kier alpha value is -3.60. The van der Waals surface area contributed by atoms with Gasteiger partial charge in [-0.15, -0.1) is 0 Å². The van der Waals surface area contributed by atoms with Crippen LogP contribution in [0.3, 0.4) is 0 Å². The fourth-order valence-electron chi connectivity index (χ4n) is 3.87. The van der Waals surface area contributed by atoms with Gasteiger partial charge in [0.2, 0.25) is 5.91 Å². The Labute approximate surface area is 192 Å². The van der Waals surface area contributed by atoms with Crippen molar-refractivity contribution in [3.8, 4) is 11.1 Å². The zero-order valence-electron chi connectivity index (χ0n) is 18.0. The molecule has 0 spiro atoms. The van der Waals surface area contributed by atoms with Crippen LogP contribution in [0.1, 0.15) is 30.4 Å². The molecule has 2 aromatic carbocycles. The zero-order valence-corrected chi connectivity index (χ0v) is 18.0. The number of aliphatic hydroxyl groups is 1. The molecule has 3 atom stereocenters. The van der Waals surface area contributed by atoms with Crippen molar-refractivity contribution < 1.29 is 42.5 Å². The van der Waals surface area contributed by atoms with E-state index in [9.17, 15) is 32.7 Å². The van der Waals surface area contributed by atoms with Crippen molar-refractivity contribution in [2.75, 3.05) is 6.61 Å². The molecule has 0 aromatic heterocycles. The average molecular weight is 480 g/mol. The number of alkyl halides is 3. The van der Waals surface area contributed by atoms with Gasteiger partial charge in [-0.05, 0) is 29.2 Å². The van der Waals surface area contributed by atoms with Crippen molar-refractivity contribution in [3.05, 3.63) is 59.7 Å². The maximum Gasteiger partial charge on any atom is 0.407 e. The lowest BCUT2D eigenvalue weighted by molar-refractivity contribution is -0.152. The number of ether oxygens (including phenoxy) is 1. The molecule has 0 radical (unpaired) electrons. The highest BCUT2D eigenvalue weighted by Gasteiger charge is 2.39. The molecule has 34 heavy (non-hydrogen) atoms. The Bertz CT molecular complexity index is 1030. The van der Waals surface area contributed by atoms with E-state index in [2.05, 4.69) is 0 Å². The van der Waals surface area contributed by atoms with Crippen LogP contribution in [0.4, 0.5) is 18.0 Å². The van der Waals surface area contributed by atoms with Crippen molar-refractivity contribution in [1.29, 1.82) is 0 Å². The highest BCUT2D eigenvalue weighted by molar-refractivity contribution is 5.89. The summed E-state index contributed by atoms with van der Waals surface area (Å²) in [4.78, 5) is 35.8. The molecule has 11 heteroatoms. The van der Waals surface area contributed by atoms with Crippen LogP contribution in [-0.4, -0.2) is 59.2 Å². The van der Waals surface area contributed by atoms with Crippen LogP contribution >= 0.6 is 0 Å². The van der Waals surface area contributed by atoms with E-state index in [0.717, 1.165) is 29.2 Å².